The highest BCUT2D eigenvalue weighted by Gasteiger charge is 2.01. The van der Waals surface area contributed by atoms with Crippen LogP contribution in [0.3, 0.4) is 0 Å². The van der Waals surface area contributed by atoms with Crippen LogP contribution in [0.5, 0.6) is 0 Å². The lowest BCUT2D eigenvalue weighted by Gasteiger charge is -1.98. The Morgan fingerprint density at radius 3 is 2.42 bits per heavy atom. The Morgan fingerprint density at radius 2 is 2.00 bits per heavy atom. The van der Waals surface area contributed by atoms with Crippen molar-refractivity contribution >= 4 is 16.1 Å². The largest absolute Gasteiger partial charge is 0.481 e. The molecule has 12 heavy (non-hydrogen) atoms. The first-order valence-corrected chi connectivity index (χ1v) is 5.29. The summed E-state index contributed by atoms with van der Waals surface area (Å²) in [5, 5.41) is 8.21. The minimum absolute atomic E-state index is 0.0487. The van der Waals surface area contributed by atoms with Gasteiger partial charge in [0.05, 0.1) is 12.9 Å². The molecule has 0 bridgehead atoms. The zero-order valence-corrected chi connectivity index (χ0v) is 7.63. The molecule has 0 saturated heterocycles. The van der Waals surface area contributed by atoms with Gasteiger partial charge in [0.2, 0.25) is 0 Å². The maximum Gasteiger partial charge on any atom is 0.303 e. The molecule has 0 aromatic heterocycles. The van der Waals surface area contributed by atoms with Crippen LogP contribution in [-0.2, 0) is 19.1 Å². The van der Waals surface area contributed by atoms with Gasteiger partial charge in [-0.3, -0.25) is 8.98 Å². The molecule has 0 aromatic rings. The molecule has 0 rings (SSSR count). The van der Waals surface area contributed by atoms with E-state index in [1.54, 1.807) is 0 Å². The number of carboxylic acids is 1. The molecule has 72 valence electrons. The van der Waals surface area contributed by atoms with Gasteiger partial charge < -0.3 is 5.11 Å². The summed E-state index contributed by atoms with van der Waals surface area (Å²) < 4.78 is 25.2. The fraction of sp³-hybridized carbons (Fsp3) is 0.833. The first-order valence-electron chi connectivity index (χ1n) is 3.48. The molecule has 0 amide bonds. The molecule has 0 atom stereocenters. The fourth-order valence-electron chi connectivity index (χ4n) is 0.589. The van der Waals surface area contributed by atoms with Gasteiger partial charge in [0, 0.05) is 6.42 Å². The molecular formula is C6H12O5S. The first-order chi connectivity index (χ1) is 5.42. The van der Waals surface area contributed by atoms with Crippen LogP contribution in [0.1, 0.15) is 19.3 Å². The van der Waals surface area contributed by atoms with Crippen LogP contribution in [-0.4, -0.2) is 32.4 Å². The van der Waals surface area contributed by atoms with Gasteiger partial charge in [-0.1, -0.05) is 0 Å². The molecule has 0 aliphatic heterocycles. The van der Waals surface area contributed by atoms with E-state index in [4.69, 9.17) is 5.11 Å². The summed E-state index contributed by atoms with van der Waals surface area (Å²) in [4.78, 5) is 10.0. The van der Waals surface area contributed by atoms with Gasteiger partial charge in [-0.2, -0.15) is 8.42 Å². The smallest absolute Gasteiger partial charge is 0.303 e. The molecule has 0 unspecified atom stereocenters. The van der Waals surface area contributed by atoms with Crippen molar-refractivity contribution in [3.05, 3.63) is 0 Å². The van der Waals surface area contributed by atoms with E-state index in [9.17, 15) is 13.2 Å². The van der Waals surface area contributed by atoms with E-state index in [-0.39, 0.29) is 13.0 Å². The topological polar surface area (TPSA) is 80.7 Å². The lowest BCUT2D eigenvalue weighted by atomic mass is 10.2. The molecule has 6 heteroatoms. The zero-order valence-electron chi connectivity index (χ0n) is 6.82. The van der Waals surface area contributed by atoms with Crippen molar-refractivity contribution < 1.29 is 22.5 Å². The van der Waals surface area contributed by atoms with Gasteiger partial charge in [0.15, 0.2) is 0 Å². The summed E-state index contributed by atoms with van der Waals surface area (Å²) in [7, 11) is -3.37. The first kappa shape index (κ1) is 11.4. The second-order valence-electron chi connectivity index (χ2n) is 2.38. The molecule has 0 radical (unpaired) electrons. The lowest BCUT2D eigenvalue weighted by molar-refractivity contribution is -0.137. The Kier molecular flexibility index (Phi) is 4.84. The SMILES string of the molecule is CS(=O)(=O)OCCCCC(=O)O. The van der Waals surface area contributed by atoms with E-state index in [1.165, 1.54) is 0 Å². The summed E-state index contributed by atoms with van der Waals surface area (Å²) in [5.74, 6) is -0.880. The summed E-state index contributed by atoms with van der Waals surface area (Å²) in [6, 6.07) is 0. The van der Waals surface area contributed by atoms with Crippen molar-refractivity contribution in [3.63, 3.8) is 0 Å². The van der Waals surface area contributed by atoms with Crippen molar-refractivity contribution in [2.24, 2.45) is 0 Å². The van der Waals surface area contributed by atoms with Crippen molar-refractivity contribution in [3.8, 4) is 0 Å². The van der Waals surface area contributed by atoms with Crippen molar-refractivity contribution in [1.82, 2.24) is 0 Å². The van der Waals surface area contributed by atoms with Crippen molar-refractivity contribution in [2.45, 2.75) is 19.3 Å². The van der Waals surface area contributed by atoms with Crippen molar-refractivity contribution in [1.29, 1.82) is 0 Å². The Balaban J connectivity index is 3.29. The number of unbranched alkanes of at least 4 members (excludes halogenated alkanes) is 1. The summed E-state index contributed by atoms with van der Waals surface area (Å²) in [5.41, 5.74) is 0. The van der Waals surface area contributed by atoms with Gasteiger partial charge in [-0.25, -0.2) is 0 Å². The second-order valence-corrected chi connectivity index (χ2v) is 4.02. The van der Waals surface area contributed by atoms with Gasteiger partial charge in [0.1, 0.15) is 0 Å². The van der Waals surface area contributed by atoms with Gasteiger partial charge >= 0.3 is 5.97 Å². The fourth-order valence-corrected chi connectivity index (χ4v) is 1.01. The molecule has 0 aliphatic carbocycles. The minimum atomic E-state index is -3.37. The summed E-state index contributed by atoms with van der Waals surface area (Å²) in [6.45, 7) is 0.0616. The number of carbonyl (C=O) groups is 1. The van der Waals surface area contributed by atoms with Crippen LogP contribution in [0.4, 0.5) is 0 Å². The average molecular weight is 196 g/mol. The number of hydrogen-bond donors (Lipinski definition) is 1. The summed E-state index contributed by atoms with van der Waals surface area (Å²) >= 11 is 0. The molecule has 0 aromatic carbocycles. The van der Waals surface area contributed by atoms with E-state index in [1.807, 2.05) is 0 Å². The zero-order chi connectivity index (χ0) is 9.61. The second kappa shape index (κ2) is 5.10. The third-order valence-electron chi connectivity index (χ3n) is 1.08. The Morgan fingerprint density at radius 1 is 1.42 bits per heavy atom. The highest BCUT2D eigenvalue weighted by atomic mass is 32.2. The van der Waals surface area contributed by atoms with Crippen LogP contribution < -0.4 is 0 Å². The van der Waals surface area contributed by atoms with E-state index in [0.29, 0.717) is 12.8 Å². The molecule has 0 spiro atoms. The third kappa shape index (κ3) is 9.38. The maximum absolute atomic E-state index is 10.4. The van der Waals surface area contributed by atoms with Gasteiger partial charge in [0.25, 0.3) is 10.1 Å². The third-order valence-corrected chi connectivity index (χ3v) is 1.68. The van der Waals surface area contributed by atoms with Crippen molar-refractivity contribution in [2.75, 3.05) is 12.9 Å². The monoisotopic (exact) mass is 196 g/mol. The Hall–Kier alpha value is -0.620. The van der Waals surface area contributed by atoms with Crippen LogP contribution >= 0.6 is 0 Å². The normalized spacial score (nSPS) is 11.4. The number of rotatable bonds is 6. The highest BCUT2D eigenvalue weighted by molar-refractivity contribution is 7.85. The predicted molar refractivity (Wildman–Crippen MR) is 42.3 cm³/mol. The van der Waals surface area contributed by atoms with E-state index in [0.717, 1.165) is 6.26 Å². The van der Waals surface area contributed by atoms with Crippen LogP contribution in [0.15, 0.2) is 0 Å². The van der Waals surface area contributed by atoms with Gasteiger partial charge in [-0.15, -0.1) is 0 Å². The summed E-state index contributed by atoms with van der Waals surface area (Å²) in [6.07, 6.45) is 1.89. The quantitative estimate of drug-likeness (QED) is 0.485. The van der Waals surface area contributed by atoms with Crippen LogP contribution in [0.2, 0.25) is 0 Å². The molecule has 0 fully saturated rings. The lowest BCUT2D eigenvalue weighted by Crippen LogP contribution is -2.04. The van der Waals surface area contributed by atoms with Crippen LogP contribution in [0, 0.1) is 0 Å². The van der Waals surface area contributed by atoms with E-state index >= 15 is 0 Å². The molecule has 1 N–H and O–H groups in total. The molecule has 0 saturated carbocycles. The van der Waals surface area contributed by atoms with Gasteiger partial charge in [-0.05, 0) is 12.8 Å². The number of hydrogen-bond acceptors (Lipinski definition) is 4. The standard InChI is InChI=1S/C6H12O5S/c1-12(9,10)11-5-3-2-4-6(7)8/h2-5H2,1H3,(H,7,8). The molecule has 5 nitrogen and oxygen atoms in total. The Bertz CT molecular complexity index is 230. The predicted octanol–water partition coefficient (Wildman–Crippen LogP) is 0.217. The number of carboxylic acid groups (broad SMARTS) is 1. The molecule has 0 heterocycles. The molecular weight excluding hydrogens is 184 g/mol. The average Bonchev–Trinajstić information content (AvgIpc) is 1.83. The highest BCUT2D eigenvalue weighted by Crippen LogP contribution is 1.97. The Labute approximate surface area is 71.5 Å². The number of aliphatic carboxylic acids is 1. The van der Waals surface area contributed by atoms with Crippen LogP contribution in [0.25, 0.3) is 0 Å². The van der Waals surface area contributed by atoms with E-state index < -0.39 is 16.1 Å². The van der Waals surface area contributed by atoms with E-state index in [2.05, 4.69) is 4.18 Å². The molecule has 0 aliphatic rings. The maximum atomic E-state index is 10.4. The minimum Gasteiger partial charge on any atom is -0.481 e.